The summed E-state index contributed by atoms with van der Waals surface area (Å²) in [7, 11) is 0. The zero-order chi connectivity index (χ0) is 14.5. The number of nitrogens with zero attached hydrogens (tertiary/aromatic N) is 2. The Hall–Kier alpha value is -2.10. The molecule has 0 atom stereocenters. The fourth-order valence-corrected chi connectivity index (χ4v) is 2.00. The fourth-order valence-electron chi connectivity index (χ4n) is 2.00. The van der Waals surface area contributed by atoms with Gasteiger partial charge in [0.1, 0.15) is 0 Å². The van der Waals surface area contributed by atoms with Crippen molar-refractivity contribution in [3.63, 3.8) is 0 Å². The molecule has 0 aliphatic carbocycles. The second-order valence-corrected chi connectivity index (χ2v) is 5.03. The van der Waals surface area contributed by atoms with Crippen LogP contribution < -0.4 is 5.32 Å². The lowest BCUT2D eigenvalue weighted by Gasteiger charge is -2.04. The molecule has 2 rings (SSSR count). The highest BCUT2D eigenvalue weighted by molar-refractivity contribution is 5.92. The number of aryl methyl sites for hydroxylation is 2. The van der Waals surface area contributed by atoms with Crippen molar-refractivity contribution in [2.75, 3.05) is 6.54 Å². The molecule has 4 heteroatoms. The second kappa shape index (κ2) is 6.37. The molecule has 0 spiro atoms. The molecule has 2 aromatic rings. The van der Waals surface area contributed by atoms with Crippen LogP contribution in [0.4, 0.5) is 0 Å². The van der Waals surface area contributed by atoms with E-state index in [0.29, 0.717) is 12.2 Å². The molecule has 0 fully saturated rings. The van der Waals surface area contributed by atoms with Crippen LogP contribution in [-0.4, -0.2) is 22.2 Å². The van der Waals surface area contributed by atoms with Crippen molar-refractivity contribution in [3.8, 4) is 5.69 Å². The molecule has 20 heavy (non-hydrogen) atoms. The van der Waals surface area contributed by atoms with Crippen LogP contribution in [0.2, 0.25) is 0 Å². The average molecular weight is 271 g/mol. The Kier molecular flexibility index (Phi) is 4.56. The summed E-state index contributed by atoms with van der Waals surface area (Å²) in [6.07, 6.45) is 2.06. The Morgan fingerprint density at radius 3 is 2.60 bits per heavy atom. The molecule has 0 saturated heterocycles. The minimum Gasteiger partial charge on any atom is -0.351 e. The molecular weight excluding hydrogens is 250 g/mol. The SMILES string of the molecule is CCCCNC(=O)c1cc(C)n(-c2ccc(C)cc2)n1. The van der Waals surface area contributed by atoms with Crippen molar-refractivity contribution in [3.05, 3.63) is 47.3 Å². The molecule has 1 aromatic heterocycles. The monoisotopic (exact) mass is 271 g/mol. The number of rotatable bonds is 5. The first-order valence-electron chi connectivity index (χ1n) is 7.03. The van der Waals surface area contributed by atoms with Crippen molar-refractivity contribution in [2.45, 2.75) is 33.6 Å². The van der Waals surface area contributed by atoms with Crippen LogP contribution in [0.1, 0.15) is 41.5 Å². The molecule has 0 bridgehead atoms. The number of unbranched alkanes of at least 4 members (excludes halogenated alkanes) is 1. The van der Waals surface area contributed by atoms with E-state index in [1.165, 1.54) is 5.56 Å². The van der Waals surface area contributed by atoms with Crippen LogP contribution in [-0.2, 0) is 0 Å². The van der Waals surface area contributed by atoms with Crippen molar-refractivity contribution in [1.29, 1.82) is 0 Å². The highest BCUT2D eigenvalue weighted by atomic mass is 16.1. The first-order chi connectivity index (χ1) is 9.61. The Labute approximate surface area is 119 Å². The van der Waals surface area contributed by atoms with E-state index >= 15 is 0 Å². The van der Waals surface area contributed by atoms with E-state index in [2.05, 4.69) is 17.3 Å². The Bertz CT molecular complexity index is 584. The molecule has 106 valence electrons. The molecule has 0 aliphatic heterocycles. The van der Waals surface area contributed by atoms with Gasteiger partial charge in [0.2, 0.25) is 0 Å². The van der Waals surface area contributed by atoms with Gasteiger partial charge in [0.05, 0.1) is 5.69 Å². The topological polar surface area (TPSA) is 46.9 Å². The molecule has 1 aromatic carbocycles. The third-order valence-corrected chi connectivity index (χ3v) is 3.21. The van der Waals surface area contributed by atoms with Crippen molar-refractivity contribution in [1.82, 2.24) is 15.1 Å². The summed E-state index contributed by atoms with van der Waals surface area (Å²) in [6.45, 7) is 6.80. The number of nitrogens with one attached hydrogen (secondary N) is 1. The summed E-state index contributed by atoms with van der Waals surface area (Å²) in [6, 6.07) is 9.91. The zero-order valence-corrected chi connectivity index (χ0v) is 12.3. The lowest BCUT2D eigenvalue weighted by Crippen LogP contribution is -2.24. The molecule has 1 N–H and O–H groups in total. The van der Waals surface area contributed by atoms with Gasteiger partial charge in [-0.15, -0.1) is 0 Å². The van der Waals surface area contributed by atoms with Crippen LogP contribution in [0.15, 0.2) is 30.3 Å². The molecule has 0 aliphatic rings. The summed E-state index contributed by atoms with van der Waals surface area (Å²) in [5, 5.41) is 7.28. The summed E-state index contributed by atoms with van der Waals surface area (Å²) in [5.41, 5.74) is 3.60. The van der Waals surface area contributed by atoms with Crippen LogP contribution in [0.3, 0.4) is 0 Å². The van der Waals surface area contributed by atoms with Crippen LogP contribution in [0.25, 0.3) is 5.69 Å². The van der Waals surface area contributed by atoms with Gasteiger partial charge in [-0.3, -0.25) is 4.79 Å². The van der Waals surface area contributed by atoms with Gasteiger partial charge < -0.3 is 5.32 Å². The van der Waals surface area contributed by atoms with Gasteiger partial charge in [-0.2, -0.15) is 5.10 Å². The first-order valence-corrected chi connectivity index (χ1v) is 7.03. The summed E-state index contributed by atoms with van der Waals surface area (Å²) in [5.74, 6) is -0.104. The maximum Gasteiger partial charge on any atom is 0.271 e. The molecular formula is C16H21N3O. The number of benzene rings is 1. The van der Waals surface area contributed by atoms with E-state index in [9.17, 15) is 4.79 Å². The first kappa shape index (κ1) is 14.3. The van der Waals surface area contributed by atoms with E-state index in [4.69, 9.17) is 0 Å². The minimum atomic E-state index is -0.104. The zero-order valence-electron chi connectivity index (χ0n) is 12.3. The lowest BCUT2D eigenvalue weighted by molar-refractivity contribution is 0.0947. The third-order valence-electron chi connectivity index (χ3n) is 3.21. The number of amides is 1. The summed E-state index contributed by atoms with van der Waals surface area (Å²) in [4.78, 5) is 12.0. The number of hydrogen-bond donors (Lipinski definition) is 1. The molecule has 1 amide bonds. The number of carbonyl (C=O) groups excluding carboxylic acids is 1. The van der Waals surface area contributed by atoms with Crippen molar-refractivity contribution in [2.24, 2.45) is 0 Å². The van der Waals surface area contributed by atoms with E-state index in [-0.39, 0.29) is 5.91 Å². The van der Waals surface area contributed by atoms with Crippen LogP contribution >= 0.6 is 0 Å². The highest BCUT2D eigenvalue weighted by Crippen LogP contribution is 2.13. The largest absolute Gasteiger partial charge is 0.351 e. The van der Waals surface area contributed by atoms with E-state index in [1.807, 2.05) is 44.2 Å². The van der Waals surface area contributed by atoms with Gasteiger partial charge in [-0.05, 0) is 38.5 Å². The van der Waals surface area contributed by atoms with Gasteiger partial charge in [-0.1, -0.05) is 31.0 Å². The number of carbonyl (C=O) groups is 1. The summed E-state index contributed by atoms with van der Waals surface area (Å²) < 4.78 is 1.80. The molecule has 0 saturated carbocycles. The van der Waals surface area contributed by atoms with Crippen molar-refractivity contribution >= 4 is 5.91 Å². The lowest BCUT2D eigenvalue weighted by atomic mass is 10.2. The molecule has 0 radical (unpaired) electrons. The predicted octanol–water partition coefficient (Wildman–Crippen LogP) is 3.02. The third kappa shape index (κ3) is 3.26. The van der Waals surface area contributed by atoms with Crippen LogP contribution in [0, 0.1) is 13.8 Å². The van der Waals surface area contributed by atoms with Gasteiger partial charge in [0.15, 0.2) is 5.69 Å². The molecule has 1 heterocycles. The number of aromatic nitrogens is 2. The molecule has 4 nitrogen and oxygen atoms in total. The Balaban J connectivity index is 2.17. The van der Waals surface area contributed by atoms with Crippen molar-refractivity contribution < 1.29 is 4.79 Å². The van der Waals surface area contributed by atoms with E-state index in [0.717, 1.165) is 24.2 Å². The van der Waals surface area contributed by atoms with Gasteiger partial charge in [0, 0.05) is 12.2 Å². The van der Waals surface area contributed by atoms with Crippen LogP contribution in [0.5, 0.6) is 0 Å². The molecule has 0 unspecified atom stereocenters. The fraction of sp³-hybridized carbons (Fsp3) is 0.375. The quantitative estimate of drug-likeness (QED) is 0.850. The van der Waals surface area contributed by atoms with Gasteiger partial charge >= 0.3 is 0 Å². The smallest absolute Gasteiger partial charge is 0.271 e. The maximum absolute atomic E-state index is 12.0. The normalized spacial score (nSPS) is 10.6. The number of hydrogen-bond acceptors (Lipinski definition) is 2. The van der Waals surface area contributed by atoms with E-state index < -0.39 is 0 Å². The second-order valence-electron chi connectivity index (χ2n) is 5.03. The van der Waals surface area contributed by atoms with Gasteiger partial charge in [0.25, 0.3) is 5.91 Å². The highest BCUT2D eigenvalue weighted by Gasteiger charge is 2.12. The predicted molar refractivity (Wildman–Crippen MR) is 80.3 cm³/mol. The summed E-state index contributed by atoms with van der Waals surface area (Å²) >= 11 is 0. The van der Waals surface area contributed by atoms with Gasteiger partial charge in [-0.25, -0.2) is 4.68 Å². The maximum atomic E-state index is 12.0. The standard InChI is InChI=1S/C16H21N3O/c1-4-5-10-17-16(20)15-11-13(3)19(18-15)14-8-6-12(2)7-9-14/h6-9,11H,4-5,10H2,1-3H3,(H,17,20). The Morgan fingerprint density at radius 2 is 1.95 bits per heavy atom. The average Bonchev–Trinajstić information content (AvgIpc) is 2.82. The Morgan fingerprint density at radius 1 is 1.25 bits per heavy atom. The van der Waals surface area contributed by atoms with E-state index in [1.54, 1.807) is 4.68 Å². The minimum absolute atomic E-state index is 0.104.